The molecule has 0 aliphatic carbocycles. The molecular formula is C13H16N2O4. The molecule has 6 nitrogen and oxygen atoms in total. The van der Waals surface area contributed by atoms with E-state index in [1.807, 2.05) is 6.07 Å². The van der Waals surface area contributed by atoms with Crippen molar-refractivity contribution in [2.24, 2.45) is 5.73 Å². The molecule has 1 amide bonds. The molecule has 1 aromatic rings. The molecular weight excluding hydrogens is 248 g/mol. The second-order valence-electron chi connectivity index (χ2n) is 4.19. The summed E-state index contributed by atoms with van der Waals surface area (Å²) in [5, 5.41) is 11.6. The van der Waals surface area contributed by atoms with E-state index >= 15 is 0 Å². The van der Waals surface area contributed by atoms with Crippen molar-refractivity contribution in [1.82, 2.24) is 5.32 Å². The van der Waals surface area contributed by atoms with Gasteiger partial charge in [-0.25, -0.2) is 0 Å². The summed E-state index contributed by atoms with van der Waals surface area (Å²) in [6, 6.07) is 6.58. The zero-order chi connectivity index (χ0) is 14.4. The van der Waals surface area contributed by atoms with E-state index in [0.29, 0.717) is 0 Å². The molecule has 0 spiro atoms. The molecule has 2 atom stereocenters. The van der Waals surface area contributed by atoms with Gasteiger partial charge in [0, 0.05) is 0 Å². The Balaban J connectivity index is 2.81. The van der Waals surface area contributed by atoms with E-state index in [9.17, 15) is 14.4 Å². The molecule has 0 saturated heterocycles. The number of amides is 1. The van der Waals surface area contributed by atoms with Crippen LogP contribution in [-0.4, -0.2) is 34.8 Å². The van der Waals surface area contributed by atoms with Crippen LogP contribution in [0.4, 0.5) is 0 Å². The molecule has 1 unspecified atom stereocenters. The van der Waals surface area contributed by atoms with E-state index in [0.717, 1.165) is 5.56 Å². The maximum atomic E-state index is 11.2. The van der Waals surface area contributed by atoms with Gasteiger partial charge in [-0.05, 0) is 18.9 Å². The highest BCUT2D eigenvalue weighted by Gasteiger charge is 2.27. The topological polar surface area (TPSA) is 109 Å². The number of carboxylic acid groups (broad SMARTS) is 1. The molecule has 0 bridgehead atoms. The number of carboxylic acids is 1. The van der Waals surface area contributed by atoms with Crippen molar-refractivity contribution < 1.29 is 19.5 Å². The number of ketones is 1. The van der Waals surface area contributed by atoms with Gasteiger partial charge in [-0.2, -0.15) is 0 Å². The molecule has 0 aliphatic rings. The van der Waals surface area contributed by atoms with Crippen LogP contribution >= 0.6 is 0 Å². The van der Waals surface area contributed by atoms with Crippen molar-refractivity contribution in [2.75, 3.05) is 0 Å². The minimum absolute atomic E-state index is 0.160. The van der Waals surface area contributed by atoms with Gasteiger partial charge in [0.2, 0.25) is 5.91 Å². The number of primary amides is 1. The van der Waals surface area contributed by atoms with Crippen molar-refractivity contribution in [3.05, 3.63) is 35.9 Å². The van der Waals surface area contributed by atoms with Gasteiger partial charge in [-0.3, -0.25) is 19.7 Å². The molecule has 102 valence electrons. The highest BCUT2D eigenvalue weighted by molar-refractivity contribution is 6.04. The number of aliphatic carboxylic acids is 1. The van der Waals surface area contributed by atoms with Crippen LogP contribution in [0.1, 0.15) is 12.5 Å². The van der Waals surface area contributed by atoms with Crippen LogP contribution in [0.25, 0.3) is 0 Å². The van der Waals surface area contributed by atoms with Crippen molar-refractivity contribution in [3.63, 3.8) is 0 Å². The molecule has 1 rings (SSSR count). The lowest BCUT2D eigenvalue weighted by Gasteiger charge is -2.19. The van der Waals surface area contributed by atoms with Crippen molar-refractivity contribution in [3.8, 4) is 0 Å². The summed E-state index contributed by atoms with van der Waals surface area (Å²) < 4.78 is 0. The number of hydrogen-bond donors (Lipinski definition) is 3. The molecule has 0 aromatic heterocycles. The van der Waals surface area contributed by atoms with Crippen LogP contribution in [0.2, 0.25) is 0 Å². The minimum atomic E-state index is -1.29. The average molecular weight is 264 g/mol. The second kappa shape index (κ2) is 6.65. The van der Waals surface area contributed by atoms with E-state index in [4.69, 9.17) is 10.8 Å². The highest BCUT2D eigenvalue weighted by Crippen LogP contribution is 2.04. The normalized spacial score (nSPS) is 13.5. The maximum absolute atomic E-state index is 11.2. The SMILES string of the molecule is CC(=O)C(N[C@@H](Cc1ccccc1)C(=O)O)C(N)=O. The van der Waals surface area contributed by atoms with Crippen molar-refractivity contribution in [1.29, 1.82) is 0 Å². The van der Waals surface area contributed by atoms with Crippen LogP contribution in [0, 0.1) is 0 Å². The Morgan fingerprint density at radius 2 is 1.84 bits per heavy atom. The predicted octanol–water partition coefficient (Wildman–Crippen LogP) is -0.285. The highest BCUT2D eigenvalue weighted by atomic mass is 16.4. The molecule has 0 saturated carbocycles. The van der Waals surface area contributed by atoms with Crippen LogP contribution < -0.4 is 11.1 Å². The summed E-state index contributed by atoms with van der Waals surface area (Å²) >= 11 is 0. The Hall–Kier alpha value is -2.21. The molecule has 4 N–H and O–H groups in total. The summed E-state index contributed by atoms with van der Waals surface area (Å²) in [6.07, 6.45) is 0.160. The molecule has 6 heteroatoms. The molecule has 19 heavy (non-hydrogen) atoms. The third-order valence-electron chi connectivity index (χ3n) is 2.64. The monoisotopic (exact) mass is 264 g/mol. The van der Waals surface area contributed by atoms with E-state index in [1.54, 1.807) is 24.3 Å². The predicted molar refractivity (Wildman–Crippen MR) is 68.4 cm³/mol. The summed E-state index contributed by atoms with van der Waals surface area (Å²) in [7, 11) is 0. The third kappa shape index (κ3) is 4.51. The van der Waals surface area contributed by atoms with Gasteiger partial charge >= 0.3 is 5.97 Å². The van der Waals surface area contributed by atoms with E-state index in [-0.39, 0.29) is 6.42 Å². The fourth-order valence-corrected chi connectivity index (χ4v) is 1.67. The number of nitrogens with two attached hydrogens (primary N) is 1. The average Bonchev–Trinajstić information content (AvgIpc) is 2.34. The third-order valence-corrected chi connectivity index (χ3v) is 2.64. The number of rotatable bonds is 7. The minimum Gasteiger partial charge on any atom is -0.480 e. The number of hydrogen-bond acceptors (Lipinski definition) is 4. The summed E-state index contributed by atoms with van der Waals surface area (Å²) in [5.74, 6) is -2.53. The van der Waals surface area contributed by atoms with E-state index in [1.165, 1.54) is 6.92 Å². The lowest BCUT2D eigenvalue weighted by molar-refractivity contribution is -0.140. The van der Waals surface area contributed by atoms with Crippen LogP contribution in [0.5, 0.6) is 0 Å². The number of nitrogens with one attached hydrogen (secondary N) is 1. The Morgan fingerprint density at radius 1 is 1.26 bits per heavy atom. The number of carbonyl (C=O) groups excluding carboxylic acids is 2. The standard InChI is InChI=1S/C13H16N2O4/c1-8(16)11(12(14)17)15-10(13(18)19)7-9-5-3-2-4-6-9/h2-6,10-11,15H,7H2,1H3,(H2,14,17)(H,18,19)/t10-,11?/m0/s1. The molecule has 0 fully saturated rings. The van der Waals surface area contributed by atoms with E-state index in [2.05, 4.69) is 5.32 Å². The number of carbonyl (C=O) groups is 3. The quantitative estimate of drug-likeness (QED) is 0.586. The molecule has 0 radical (unpaired) electrons. The fourth-order valence-electron chi connectivity index (χ4n) is 1.67. The Kier molecular flexibility index (Phi) is 5.20. The molecule has 0 heterocycles. The smallest absolute Gasteiger partial charge is 0.321 e. The Bertz CT molecular complexity index is 459. The summed E-state index contributed by atoms with van der Waals surface area (Å²) in [4.78, 5) is 33.5. The van der Waals surface area contributed by atoms with Crippen molar-refractivity contribution >= 4 is 17.7 Å². The number of Topliss-reactive ketones (excluding diaryl/α,β-unsaturated/α-hetero) is 1. The lowest BCUT2D eigenvalue weighted by Crippen LogP contribution is -2.53. The zero-order valence-electron chi connectivity index (χ0n) is 10.5. The first-order chi connectivity index (χ1) is 8.91. The Morgan fingerprint density at radius 3 is 2.26 bits per heavy atom. The van der Waals surface area contributed by atoms with Gasteiger partial charge < -0.3 is 10.8 Å². The van der Waals surface area contributed by atoms with Gasteiger partial charge in [0.1, 0.15) is 12.1 Å². The van der Waals surface area contributed by atoms with Gasteiger partial charge in [0.25, 0.3) is 0 Å². The van der Waals surface area contributed by atoms with Gasteiger partial charge in [0.05, 0.1) is 0 Å². The fraction of sp³-hybridized carbons (Fsp3) is 0.308. The zero-order valence-corrected chi connectivity index (χ0v) is 10.5. The first-order valence-corrected chi connectivity index (χ1v) is 5.74. The van der Waals surface area contributed by atoms with Gasteiger partial charge in [-0.15, -0.1) is 0 Å². The molecule has 0 aliphatic heterocycles. The second-order valence-corrected chi connectivity index (χ2v) is 4.19. The number of benzene rings is 1. The lowest BCUT2D eigenvalue weighted by atomic mass is 10.0. The summed E-state index contributed by atoms with van der Waals surface area (Å²) in [5.41, 5.74) is 5.85. The largest absolute Gasteiger partial charge is 0.480 e. The van der Waals surface area contributed by atoms with Crippen LogP contribution in [0.3, 0.4) is 0 Å². The van der Waals surface area contributed by atoms with Crippen LogP contribution in [0.15, 0.2) is 30.3 Å². The van der Waals surface area contributed by atoms with E-state index < -0.39 is 29.7 Å². The summed E-state index contributed by atoms with van der Waals surface area (Å²) in [6.45, 7) is 1.18. The molecule has 1 aromatic carbocycles. The van der Waals surface area contributed by atoms with Crippen LogP contribution in [-0.2, 0) is 20.8 Å². The maximum Gasteiger partial charge on any atom is 0.321 e. The first kappa shape index (κ1) is 14.8. The van der Waals surface area contributed by atoms with Crippen molar-refractivity contribution in [2.45, 2.75) is 25.4 Å². The van der Waals surface area contributed by atoms with Gasteiger partial charge in [-0.1, -0.05) is 30.3 Å². The Labute approximate surface area is 110 Å². The van der Waals surface area contributed by atoms with Gasteiger partial charge in [0.15, 0.2) is 5.78 Å². The first-order valence-electron chi connectivity index (χ1n) is 5.74.